The van der Waals surface area contributed by atoms with E-state index in [4.69, 9.17) is 0 Å². The second kappa shape index (κ2) is 4.08. The average Bonchev–Trinajstić information content (AvgIpc) is 2.31. The van der Waals surface area contributed by atoms with Gasteiger partial charge < -0.3 is 5.11 Å². The number of ketones is 1. The van der Waals surface area contributed by atoms with E-state index in [-0.39, 0.29) is 5.78 Å². The molecule has 0 amide bonds. The second-order valence-electron chi connectivity index (χ2n) is 4.29. The fourth-order valence-corrected chi connectivity index (χ4v) is 2.34. The Labute approximate surface area is 94.1 Å². The Balaban J connectivity index is 2.37. The topological polar surface area (TPSA) is 54.4 Å². The average molecular weight is 218 g/mol. The first-order chi connectivity index (χ1) is 7.65. The van der Waals surface area contributed by atoms with E-state index in [0.717, 1.165) is 5.56 Å². The number of carbonyl (C=O) groups is 2. The molecule has 84 valence electrons. The highest BCUT2D eigenvalue weighted by atomic mass is 16.4. The lowest BCUT2D eigenvalue weighted by Crippen LogP contribution is -2.39. The van der Waals surface area contributed by atoms with E-state index in [2.05, 4.69) is 0 Å². The van der Waals surface area contributed by atoms with Crippen molar-refractivity contribution in [1.29, 1.82) is 0 Å². The number of hydrogen-bond donors (Lipinski definition) is 1. The summed E-state index contributed by atoms with van der Waals surface area (Å²) in [7, 11) is 0. The summed E-state index contributed by atoms with van der Waals surface area (Å²) in [5, 5.41) is 9.42. The third kappa shape index (κ3) is 1.73. The van der Waals surface area contributed by atoms with Gasteiger partial charge in [0.2, 0.25) is 0 Å². The SMILES string of the molecule is O=C1CCC(C(=O)O)(c2ccccc2)CC1. The lowest BCUT2D eigenvalue weighted by atomic mass is 9.69. The summed E-state index contributed by atoms with van der Waals surface area (Å²) in [6.07, 6.45) is 1.60. The fourth-order valence-electron chi connectivity index (χ4n) is 2.34. The predicted octanol–water partition coefficient (Wildman–Crippen LogP) is 2.15. The third-order valence-electron chi connectivity index (χ3n) is 3.40. The van der Waals surface area contributed by atoms with Crippen molar-refractivity contribution >= 4 is 11.8 Å². The number of carbonyl (C=O) groups excluding carboxylic acids is 1. The van der Waals surface area contributed by atoms with Crippen LogP contribution in [0.3, 0.4) is 0 Å². The van der Waals surface area contributed by atoms with E-state index >= 15 is 0 Å². The van der Waals surface area contributed by atoms with Gasteiger partial charge in [-0.15, -0.1) is 0 Å². The Bertz CT molecular complexity index is 398. The van der Waals surface area contributed by atoms with Gasteiger partial charge in [0.05, 0.1) is 5.41 Å². The van der Waals surface area contributed by atoms with Gasteiger partial charge in [0, 0.05) is 12.8 Å². The minimum atomic E-state index is -0.852. The maximum absolute atomic E-state index is 11.5. The number of benzene rings is 1. The van der Waals surface area contributed by atoms with Crippen LogP contribution < -0.4 is 0 Å². The summed E-state index contributed by atoms with van der Waals surface area (Å²) < 4.78 is 0. The maximum Gasteiger partial charge on any atom is 0.314 e. The lowest BCUT2D eigenvalue weighted by molar-refractivity contribution is -0.146. The molecule has 1 saturated carbocycles. The van der Waals surface area contributed by atoms with Gasteiger partial charge >= 0.3 is 5.97 Å². The molecule has 0 aliphatic heterocycles. The van der Waals surface area contributed by atoms with Crippen molar-refractivity contribution in [3.05, 3.63) is 35.9 Å². The summed E-state index contributed by atoms with van der Waals surface area (Å²) in [4.78, 5) is 22.7. The first kappa shape index (κ1) is 10.9. The first-order valence-corrected chi connectivity index (χ1v) is 5.46. The van der Waals surface area contributed by atoms with Crippen LogP contribution in [0.2, 0.25) is 0 Å². The van der Waals surface area contributed by atoms with E-state index in [0.29, 0.717) is 25.7 Å². The van der Waals surface area contributed by atoms with Gasteiger partial charge in [0.25, 0.3) is 0 Å². The second-order valence-corrected chi connectivity index (χ2v) is 4.29. The minimum Gasteiger partial charge on any atom is -0.481 e. The van der Waals surface area contributed by atoms with Crippen molar-refractivity contribution in [2.24, 2.45) is 0 Å². The molecule has 2 rings (SSSR count). The van der Waals surface area contributed by atoms with Crippen LogP contribution in [0.4, 0.5) is 0 Å². The van der Waals surface area contributed by atoms with Crippen molar-refractivity contribution in [2.75, 3.05) is 0 Å². The molecule has 0 radical (unpaired) electrons. The molecular formula is C13H14O3. The van der Waals surface area contributed by atoms with Crippen LogP contribution in [0.15, 0.2) is 30.3 Å². The molecule has 1 N–H and O–H groups in total. The summed E-state index contributed by atoms with van der Waals surface area (Å²) in [5.41, 5.74) is -0.0372. The minimum absolute atomic E-state index is 0.174. The van der Waals surface area contributed by atoms with Gasteiger partial charge in [-0.1, -0.05) is 30.3 Å². The molecule has 0 unspecified atom stereocenters. The third-order valence-corrected chi connectivity index (χ3v) is 3.40. The highest BCUT2D eigenvalue weighted by Gasteiger charge is 2.42. The number of carboxylic acid groups (broad SMARTS) is 1. The molecule has 0 atom stereocenters. The summed E-state index contributed by atoms with van der Waals surface area (Å²) in [6.45, 7) is 0. The molecule has 0 aromatic heterocycles. The fraction of sp³-hybridized carbons (Fsp3) is 0.385. The summed E-state index contributed by atoms with van der Waals surface area (Å²) >= 11 is 0. The highest BCUT2D eigenvalue weighted by Crippen LogP contribution is 2.38. The molecule has 1 aromatic rings. The Morgan fingerprint density at radius 1 is 1.12 bits per heavy atom. The predicted molar refractivity (Wildman–Crippen MR) is 59.2 cm³/mol. The Hall–Kier alpha value is -1.64. The number of Topliss-reactive ketones (excluding diaryl/α,β-unsaturated/α-hetero) is 1. The Kier molecular flexibility index (Phi) is 2.77. The molecule has 1 fully saturated rings. The van der Waals surface area contributed by atoms with Crippen LogP contribution in [0.5, 0.6) is 0 Å². The summed E-state index contributed by atoms with van der Waals surface area (Å²) in [5.74, 6) is -0.640. The van der Waals surface area contributed by atoms with Crippen LogP contribution in [-0.2, 0) is 15.0 Å². The van der Waals surface area contributed by atoms with Crippen LogP contribution in [0.25, 0.3) is 0 Å². The quantitative estimate of drug-likeness (QED) is 0.827. The smallest absolute Gasteiger partial charge is 0.314 e. The van der Waals surface area contributed by atoms with Crippen molar-refractivity contribution in [2.45, 2.75) is 31.1 Å². The standard InChI is InChI=1S/C13H14O3/c14-11-6-8-13(9-7-11,12(15)16)10-4-2-1-3-5-10/h1-5H,6-9H2,(H,15,16). The van der Waals surface area contributed by atoms with Gasteiger partial charge in [-0.25, -0.2) is 0 Å². The van der Waals surface area contributed by atoms with Crippen LogP contribution in [0.1, 0.15) is 31.2 Å². The molecule has 1 aliphatic carbocycles. The zero-order valence-electron chi connectivity index (χ0n) is 8.98. The van der Waals surface area contributed by atoms with Gasteiger partial charge in [0.15, 0.2) is 0 Å². The van der Waals surface area contributed by atoms with Crippen molar-refractivity contribution in [3.63, 3.8) is 0 Å². The molecule has 3 heteroatoms. The van der Waals surface area contributed by atoms with Crippen molar-refractivity contribution < 1.29 is 14.7 Å². The van der Waals surface area contributed by atoms with E-state index < -0.39 is 11.4 Å². The Morgan fingerprint density at radius 2 is 1.69 bits per heavy atom. The van der Waals surface area contributed by atoms with Gasteiger partial charge in [0.1, 0.15) is 5.78 Å². The number of aliphatic carboxylic acids is 1. The van der Waals surface area contributed by atoms with E-state index in [1.807, 2.05) is 30.3 Å². The number of carboxylic acids is 1. The maximum atomic E-state index is 11.5. The van der Waals surface area contributed by atoms with E-state index in [9.17, 15) is 14.7 Å². The zero-order chi connectivity index (χ0) is 11.6. The molecule has 3 nitrogen and oxygen atoms in total. The Morgan fingerprint density at radius 3 is 2.19 bits per heavy atom. The molecule has 16 heavy (non-hydrogen) atoms. The lowest BCUT2D eigenvalue weighted by Gasteiger charge is -2.32. The van der Waals surface area contributed by atoms with E-state index in [1.54, 1.807) is 0 Å². The van der Waals surface area contributed by atoms with E-state index in [1.165, 1.54) is 0 Å². The normalized spacial score (nSPS) is 19.4. The molecule has 0 heterocycles. The van der Waals surface area contributed by atoms with Gasteiger partial charge in [-0.05, 0) is 18.4 Å². The van der Waals surface area contributed by atoms with Crippen LogP contribution >= 0.6 is 0 Å². The molecule has 0 spiro atoms. The molecule has 0 bridgehead atoms. The molecule has 1 aliphatic rings. The van der Waals surface area contributed by atoms with Crippen molar-refractivity contribution in [1.82, 2.24) is 0 Å². The van der Waals surface area contributed by atoms with Crippen LogP contribution in [-0.4, -0.2) is 16.9 Å². The number of rotatable bonds is 2. The largest absolute Gasteiger partial charge is 0.481 e. The van der Waals surface area contributed by atoms with Crippen molar-refractivity contribution in [3.8, 4) is 0 Å². The molecular weight excluding hydrogens is 204 g/mol. The first-order valence-electron chi connectivity index (χ1n) is 5.46. The molecule has 0 saturated heterocycles. The number of hydrogen-bond acceptors (Lipinski definition) is 2. The zero-order valence-corrected chi connectivity index (χ0v) is 8.98. The molecule has 1 aromatic carbocycles. The van der Waals surface area contributed by atoms with Crippen LogP contribution in [0, 0.1) is 0 Å². The summed E-state index contributed by atoms with van der Waals surface area (Å²) in [6, 6.07) is 9.23. The van der Waals surface area contributed by atoms with Gasteiger partial charge in [-0.2, -0.15) is 0 Å². The highest BCUT2D eigenvalue weighted by molar-refractivity contribution is 5.87. The van der Waals surface area contributed by atoms with Gasteiger partial charge in [-0.3, -0.25) is 9.59 Å². The monoisotopic (exact) mass is 218 g/mol.